The van der Waals surface area contributed by atoms with Crippen LogP contribution in [0.15, 0.2) is 40.0 Å². The van der Waals surface area contributed by atoms with E-state index in [1.54, 1.807) is 6.21 Å². The Morgan fingerprint density at radius 3 is 2.65 bits per heavy atom. The number of hydrazone groups is 1. The Hall–Kier alpha value is -2.15. The van der Waals surface area contributed by atoms with Gasteiger partial charge in [-0.15, -0.1) is 0 Å². The minimum atomic E-state index is -0.351. The van der Waals surface area contributed by atoms with Gasteiger partial charge in [0, 0.05) is 19.8 Å². The molecule has 0 unspecified atom stereocenters. The molecule has 0 aliphatic carbocycles. The molecule has 0 radical (unpaired) electrons. The van der Waals surface area contributed by atoms with Crippen LogP contribution in [0.5, 0.6) is 0 Å². The van der Waals surface area contributed by atoms with Crippen molar-refractivity contribution >= 4 is 33.7 Å². The number of carbonyl (C=O) groups excluding carboxylic acids is 1. The number of amides is 1. The van der Waals surface area contributed by atoms with E-state index >= 15 is 0 Å². The summed E-state index contributed by atoms with van der Waals surface area (Å²) in [6.45, 7) is 0. The molecule has 7 heteroatoms. The number of nitrogens with zero attached hydrogens (tertiary/aromatic N) is 3. The zero-order valence-corrected chi connectivity index (χ0v) is 12.7. The van der Waals surface area contributed by atoms with Crippen LogP contribution in [0.4, 0.5) is 5.69 Å². The average Bonchev–Trinajstić information content (AvgIpc) is 2.85. The SMILES string of the molecule is CN(C)c1ccc(/C=N\NC(=O)c2[nH]ncc2Br)cc1. The lowest BCUT2D eigenvalue weighted by atomic mass is 10.2. The number of benzene rings is 1. The molecule has 2 N–H and O–H groups in total. The Labute approximate surface area is 125 Å². The minimum Gasteiger partial charge on any atom is -0.378 e. The zero-order valence-electron chi connectivity index (χ0n) is 11.1. The van der Waals surface area contributed by atoms with Gasteiger partial charge in [0.15, 0.2) is 0 Å². The predicted molar refractivity (Wildman–Crippen MR) is 82.1 cm³/mol. The molecule has 0 spiro atoms. The van der Waals surface area contributed by atoms with Gasteiger partial charge in [-0.05, 0) is 33.6 Å². The number of aromatic nitrogens is 2. The molecule has 0 aliphatic heterocycles. The molecule has 6 nitrogen and oxygen atoms in total. The molecule has 1 amide bonds. The van der Waals surface area contributed by atoms with Crippen molar-refractivity contribution in [1.29, 1.82) is 0 Å². The van der Waals surface area contributed by atoms with Crippen molar-refractivity contribution < 1.29 is 4.79 Å². The number of aromatic amines is 1. The van der Waals surface area contributed by atoms with Crippen LogP contribution in [0.3, 0.4) is 0 Å². The molecule has 2 rings (SSSR count). The summed E-state index contributed by atoms with van der Waals surface area (Å²) in [5.74, 6) is -0.351. The summed E-state index contributed by atoms with van der Waals surface area (Å²) in [7, 11) is 3.96. The van der Waals surface area contributed by atoms with Crippen LogP contribution in [-0.4, -0.2) is 36.4 Å². The van der Waals surface area contributed by atoms with E-state index in [-0.39, 0.29) is 5.91 Å². The molecule has 20 heavy (non-hydrogen) atoms. The van der Waals surface area contributed by atoms with Crippen LogP contribution < -0.4 is 10.3 Å². The maximum atomic E-state index is 11.7. The van der Waals surface area contributed by atoms with Crippen LogP contribution >= 0.6 is 15.9 Å². The third-order valence-electron chi connectivity index (χ3n) is 2.61. The first kappa shape index (κ1) is 14.3. The monoisotopic (exact) mass is 335 g/mol. The molecule has 0 atom stereocenters. The third kappa shape index (κ3) is 3.45. The second-order valence-corrected chi connectivity index (χ2v) is 5.13. The van der Waals surface area contributed by atoms with Crippen molar-refractivity contribution in [2.75, 3.05) is 19.0 Å². The Kier molecular flexibility index (Phi) is 4.52. The highest BCUT2D eigenvalue weighted by atomic mass is 79.9. The topological polar surface area (TPSA) is 73.4 Å². The van der Waals surface area contributed by atoms with Crippen molar-refractivity contribution in [3.63, 3.8) is 0 Å². The lowest BCUT2D eigenvalue weighted by molar-refractivity contribution is 0.0949. The third-order valence-corrected chi connectivity index (χ3v) is 3.21. The van der Waals surface area contributed by atoms with Gasteiger partial charge in [0.1, 0.15) is 5.69 Å². The van der Waals surface area contributed by atoms with Crippen molar-refractivity contribution in [2.45, 2.75) is 0 Å². The first-order chi connectivity index (χ1) is 9.58. The minimum absolute atomic E-state index is 0.338. The van der Waals surface area contributed by atoms with Gasteiger partial charge < -0.3 is 4.90 Å². The van der Waals surface area contributed by atoms with E-state index in [1.165, 1.54) is 6.20 Å². The fourth-order valence-corrected chi connectivity index (χ4v) is 1.88. The fraction of sp³-hybridized carbons (Fsp3) is 0.154. The maximum Gasteiger partial charge on any atom is 0.290 e. The highest BCUT2D eigenvalue weighted by Crippen LogP contribution is 2.12. The normalized spacial score (nSPS) is 10.8. The van der Waals surface area contributed by atoms with E-state index in [9.17, 15) is 4.79 Å². The number of rotatable bonds is 4. The lowest BCUT2D eigenvalue weighted by Gasteiger charge is -2.11. The first-order valence-electron chi connectivity index (χ1n) is 5.87. The van der Waals surface area contributed by atoms with Gasteiger partial charge in [-0.3, -0.25) is 9.89 Å². The van der Waals surface area contributed by atoms with E-state index in [2.05, 4.69) is 36.7 Å². The summed E-state index contributed by atoms with van der Waals surface area (Å²) >= 11 is 3.21. The van der Waals surface area contributed by atoms with Gasteiger partial charge in [-0.1, -0.05) is 12.1 Å². The van der Waals surface area contributed by atoms with Gasteiger partial charge in [-0.2, -0.15) is 10.2 Å². The second-order valence-electron chi connectivity index (χ2n) is 4.28. The number of carbonyl (C=O) groups is 1. The van der Waals surface area contributed by atoms with Crippen LogP contribution in [0.25, 0.3) is 0 Å². The van der Waals surface area contributed by atoms with E-state index < -0.39 is 0 Å². The average molecular weight is 336 g/mol. The van der Waals surface area contributed by atoms with Crippen molar-refractivity contribution in [3.05, 3.63) is 46.2 Å². The summed E-state index contributed by atoms with van der Waals surface area (Å²) in [6.07, 6.45) is 3.10. The van der Waals surface area contributed by atoms with E-state index in [1.807, 2.05) is 43.3 Å². The number of H-pyrrole nitrogens is 1. The van der Waals surface area contributed by atoms with Crippen LogP contribution in [0, 0.1) is 0 Å². The summed E-state index contributed by atoms with van der Waals surface area (Å²) in [4.78, 5) is 13.7. The van der Waals surface area contributed by atoms with Gasteiger partial charge >= 0.3 is 0 Å². The van der Waals surface area contributed by atoms with Crippen molar-refractivity contribution in [3.8, 4) is 0 Å². The second kappa shape index (κ2) is 6.33. The van der Waals surface area contributed by atoms with E-state index in [0.717, 1.165) is 11.3 Å². The maximum absolute atomic E-state index is 11.7. The van der Waals surface area contributed by atoms with Crippen molar-refractivity contribution in [1.82, 2.24) is 15.6 Å². The highest BCUT2D eigenvalue weighted by molar-refractivity contribution is 9.10. The molecule has 0 saturated heterocycles. The molecular formula is C13H14BrN5O. The molecule has 1 aromatic carbocycles. The van der Waals surface area contributed by atoms with E-state index in [0.29, 0.717) is 10.2 Å². The van der Waals surface area contributed by atoms with Gasteiger partial charge in [0.05, 0.1) is 16.9 Å². The first-order valence-corrected chi connectivity index (χ1v) is 6.67. The Bertz CT molecular complexity index is 618. The van der Waals surface area contributed by atoms with Gasteiger partial charge in [-0.25, -0.2) is 5.43 Å². The fourth-order valence-electron chi connectivity index (χ4n) is 1.51. The summed E-state index contributed by atoms with van der Waals surface area (Å²) in [5.41, 5.74) is 4.78. The van der Waals surface area contributed by atoms with Crippen LogP contribution in [0.1, 0.15) is 16.1 Å². The van der Waals surface area contributed by atoms with Gasteiger partial charge in [0.25, 0.3) is 5.91 Å². The Morgan fingerprint density at radius 1 is 1.40 bits per heavy atom. The molecule has 0 aliphatic rings. The molecule has 0 fully saturated rings. The number of anilines is 1. The number of hydrogen-bond acceptors (Lipinski definition) is 4. The Balaban J connectivity index is 1.96. The molecular weight excluding hydrogens is 322 g/mol. The van der Waals surface area contributed by atoms with E-state index in [4.69, 9.17) is 0 Å². The molecule has 1 aromatic heterocycles. The van der Waals surface area contributed by atoms with Crippen LogP contribution in [-0.2, 0) is 0 Å². The Morgan fingerprint density at radius 2 is 2.10 bits per heavy atom. The molecule has 0 saturated carbocycles. The van der Waals surface area contributed by atoms with Gasteiger partial charge in [0.2, 0.25) is 0 Å². The van der Waals surface area contributed by atoms with Crippen LogP contribution in [0.2, 0.25) is 0 Å². The quantitative estimate of drug-likeness (QED) is 0.663. The molecule has 1 heterocycles. The summed E-state index contributed by atoms with van der Waals surface area (Å²) < 4.78 is 0.598. The number of nitrogens with one attached hydrogen (secondary N) is 2. The zero-order chi connectivity index (χ0) is 14.5. The smallest absolute Gasteiger partial charge is 0.290 e. The largest absolute Gasteiger partial charge is 0.378 e. The molecule has 104 valence electrons. The number of halogens is 1. The standard InChI is InChI=1S/C13H14BrN5O/c1-19(2)10-5-3-9(4-6-10)7-15-18-13(20)12-11(14)8-16-17-12/h3-8H,1-2H3,(H,16,17)(H,18,20)/b15-7-. The highest BCUT2D eigenvalue weighted by Gasteiger charge is 2.10. The lowest BCUT2D eigenvalue weighted by Crippen LogP contribution is -2.18. The number of hydrogen-bond donors (Lipinski definition) is 2. The summed E-state index contributed by atoms with van der Waals surface area (Å²) in [6, 6.07) is 7.82. The molecule has 0 bridgehead atoms. The molecule has 2 aromatic rings. The predicted octanol–water partition coefficient (Wildman–Crippen LogP) is 2.00. The van der Waals surface area contributed by atoms with Crippen molar-refractivity contribution in [2.24, 2.45) is 5.10 Å². The summed E-state index contributed by atoms with van der Waals surface area (Å²) in [5, 5.41) is 10.2.